The average molecular weight is 290 g/mol. The number of carbonyl (C=O) groups excluding carboxylic acids is 1. The van der Waals surface area contributed by atoms with E-state index >= 15 is 0 Å². The van der Waals surface area contributed by atoms with Crippen molar-refractivity contribution >= 4 is 5.91 Å². The summed E-state index contributed by atoms with van der Waals surface area (Å²) in [4.78, 5) is 19.3. The molecule has 1 aromatic rings. The molecule has 5 heteroatoms. The zero-order valence-electron chi connectivity index (χ0n) is 12.9. The van der Waals surface area contributed by atoms with Crippen LogP contribution in [0.3, 0.4) is 0 Å². The zero-order valence-corrected chi connectivity index (χ0v) is 12.9. The number of amides is 1. The zero-order chi connectivity index (χ0) is 14.8. The molecule has 1 aromatic heterocycles. The van der Waals surface area contributed by atoms with Crippen molar-refractivity contribution in [2.24, 2.45) is 24.6 Å². The van der Waals surface area contributed by atoms with Crippen molar-refractivity contribution in [3.05, 3.63) is 18.2 Å². The quantitative estimate of drug-likeness (QED) is 0.897. The van der Waals surface area contributed by atoms with E-state index in [4.69, 9.17) is 5.73 Å². The lowest BCUT2D eigenvalue weighted by molar-refractivity contribution is -0.138. The molecule has 116 valence electrons. The molecule has 0 unspecified atom stereocenters. The second-order valence-electron chi connectivity index (χ2n) is 6.61. The molecule has 0 radical (unpaired) electrons. The van der Waals surface area contributed by atoms with Gasteiger partial charge in [-0.25, -0.2) is 4.98 Å². The summed E-state index contributed by atoms with van der Waals surface area (Å²) in [5, 5.41) is 0. The summed E-state index contributed by atoms with van der Waals surface area (Å²) in [6, 6.07) is 0.446. The number of aromatic nitrogens is 2. The van der Waals surface area contributed by atoms with Crippen molar-refractivity contribution in [3.63, 3.8) is 0 Å². The summed E-state index contributed by atoms with van der Waals surface area (Å²) >= 11 is 0. The molecule has 2 aliphatic carbocycles. The molecule has 2 aliphatic rings. The molecule has 3 rings (SSSR count). The van der Waals surface area contributed by atoms with Crippen LogP contribution < -0.4 is 5.73 Å². The van der Waals surface area contributed by atoms with Crippen LogP contribution in [0.15, 0.2) is 12.4 Å². The van der Waals surface area contributed by atoms with E-state index < -0.39 is 0 Å². The number of nitrogens with zero attached hydrogens (tertiary/aromatic N) is 3. The van der Waals surface area contributed by atoms with Gasteiger partial charge in [-0.3, -0.25) is 4.79 Å². The first-order valence-electron chi connectivity index (χ1n) is 8.15. The van der Waals surface area contributed by atoms with Gasteiger partial charge in [-0.05, 0) is 51.0 Å². The van der Waals surface area contributed by atoms with E-state index in [1.54, 1.807) is 6.20 Å². The molecule has 2 N–H and O–H groups in total. The minimum atomic E-state index is 0.202. The number of carbonyl (C=O) groups is 1. The maximum absolute atomic E-state index is 12.9. The van der Waals surface area contributed by atoms with Crippen molar-refractivity contribution in [1.29, 1.82) is 0 Å². The Morgan fingerprint density at radius 1 is 1.33 bits per heavy atom. The van der Waals surface area contributed by atoms with Crippen molar-refractivity contribution in [1.82, 2.24) is 14.5 Å². The Labute approximate surface area is 126 Å². The van der Waals surface area contributed by atoms with Gasteiger partial charge in [0, 0.05) is 31.4 Å². The summed E-state index contributed by atoms with van der Waals surface area (Å²) < 4.78 is 2.01. The number of hydrogen-bond donors (Lipinski definition) is 1. The predicted octanol–water partition coefficient (Wildman–Crippen LogP) is 1.68. The molecule has 0 bridgehead atoms. The lowest BCUT2D eigenvalue weighted by atomic mass is 9.81. The molecule has 1 amide bonds. The Bertz CT molecular complexity index is 486. The molecule has 5 nitrogen and oxygen atoms in total. The van der Waals surface area contributed by atoms with Gasteiger partial charge in [0.25, 0.3) is 0 Å². The highest BCUT2D eigenvalue weighted by Crippen LogP contribution is 2.34. The minimum Gasteiger partial charge on any atom is -0.337 e. The van der Waals surface area contributed by atoms with Crippen LogP contribution in [0, 0.1) is 11.8 Å². The Morgan fingerprint density at radius 2 is 2.05 bits per heavy atom. The smallest absolute Gasteiger partial charge is 0.226 e. The van der Waals surface area contributed by atoms with Gasteiger partial charge >= 0.3 is 0 Å². The second-order valence-corrected chi connectivity index (χ2v) is 6.61. The van der Waals surface area contributed by atoms with Gasteiger partial charge in [-0.15, -0.1) is 0 Å². The number of aryl methyl sites for hydroxylation is 1. The van der Waals surface area contributed by atoms with Crippen molar-refractivity contribution in [2.75, 3.05) is 6.54 Å². The molecule has 21 heavy (non-hydrogen) atoms. The largest absolute Gasteiger partial charge is 0.337 e. The van der Waals surface area contributed by atoms with Crippen LogP contribution in [0.2, 0.25) is 0 Å². The number of rotatable bonds is 5. The van der Waals surface area contributed by atoms with Gasteiger partial charge in [0.2, 0.25) is 5.91 Å². The van der Waals surface area contributed by atoms with Gasteiger partial charge in [0.15, 0.2) is 0 Å². The Balaban J connectivity index is 1.64. The van der Waals surface area contributed by atoms with Gasteiger partial charge in [-0.2, -0.15) is 0 Å². The maximum Gasteiger partial charge on any atom is 0.226 e. The van der Waals surface area contributed by atoms with Crippen LogP contribution >= 0.6 is 0 Å². The standard InChI is InChI=1S/C16H26N4O/c1-19-9-8-18-15(19)11-20(14-6-7-14)16(21)13-4-2-12(10-17)3-5-13/h8-9,12-14H,2-7,10-11,17H2,1H3. The van der Waals surface area contributed by atoms with Crippen LogP contribution in [0.4, 0.5) is 0 Å². The summed E-state index contributed by atoms with van der Waals surface area (Å²) in [6.45, 7) is 1.42. The maximum atomic E-state index is 12.9. The highest BCUT2D eigenvalue weighted by atomic mass is 16.2. The third kappa shape index (κ3) is 3.28. The van der Waals surface area contributed by atoms with E-state index in [1.807, 2.05) is 17.8 Å². The van der Waals surface area contributed by atoms with E-state index in [9.17, 15) is 4.79 Å². The Morgan fingerprint density at radius 3 is 2.57 bits per heavy atom. The minimum absolute atomic E-state index is 0.202. The van der Waals surface area contributed by atoms with E-state index in [0.717, 1.165) is 50.9 Å². The lowest BCUT2D eigenvalue weighted by Crippen LogP contribution is -2.39. The fourth-order valence-electron chi connectivity index (χ4n) is 3.35. The molecule has 1 heterocycles. The van der Waals surface area contributed by atoms with Gasteiger partial charge in [0.1, 0.15) is 5.82 Å². The van der Waals surface area contributed by atoms with Gasteiger partial charge in [0.05, 0.1) is 6.54 Å². The summed E-state index contributed by atoms with van der Waals surface area (Å²) in [6.07, 6.45) is 10.3. The third-order valence-corrected chi connectivity index (χ3v) is 5.03. The van der Waals surface area contributed by atoms with Crippen molar-refractivity contribution < 1.29 is 4.79 Å². The lowest BCUT2D eigenvalue weighted by Gasteiger charge is -2.31. The van der Waals surface area contributed by atoms with Gasteiger partial charge in [-0.1, -0.05) is 0 Å². The Hall–Kier alpha value is -1.36. The highest BCUT2D eigenvalue weighted by Gasteiger charge is 2.37. The molecule has 0 spiro atoms. The molecule has 2 saturated carbocycles. The first-order valence-corrected chi connectivity index (χ1v) is 8.15. The number of hydrogen-bond acceptors (Lipinski definition) is 3. The monoisotopic (exact) mass is 290 g/mol. The third-order valence-electron chi connectivity index (χ3n) is 5.03. The van der Waals surface area contributed by atoms with Crippen LogP contribution in [0.1, 0.15) is 44.3 Å². The molecule has 0 saturated heterocycles. The molecular weight excluding hydrogens is 264 g/mol. The van der Waals surface area contributed by atoms with Crippen LogP contribution in [-0.4, -0.2) is 32.9 Å². The van der Waals surface area contributed by atoms with Crippen LogP contribution in [0.5, 0.6) is 0 Å². The van der Waals surface area contributed by atoms with Crippen LogP contribution in [0.25, 0.3) is 0 Å². The van der Waals surface area contributed by atoms with Crippen molar-refractivity contribution in [2.45, 2.75) is 51.1 Å². The molecular formula is C16H26N4O. The SMILES string of the molecule is Cn1ccnc1CN(C(=O)C1CCC(CN)CC1)C1CC1. The summed E-state index contributed by atoms with van der Waals surface area (Å²) in [5.41, 5.74) is 5.74. The molecule has 2 fully saturated rings. The summed E-state index contributed by atoms with van der Waals surface area (Å²) in [7, 11) is 1.99. The normalized spacial score (nSPS) is 25.8. The van der Waals surface area contributed by atoms with Gasteiger partial charge < -0.3 is 15.2 Å². The fraction of sp³-hybridized carbons (Fsp3) is 0.750. The van der Waals surface area contributed by atoms with Crippen LogP contribution in [-0.2, 0) is 18.4 Å². The first kappa shape index (κ1) is 14.6. The summed E-state index contributed by atoms with van der Waals surface area (Å²) in [5.74, 6) is 2.15. The molecule has 0 aliphatic heterocycles. The first-order chi connectivity index (χ1) is 10.2. The van der Waals surface area contributed by atoms with Crippen molar-refractivity contribution in [3.8, 4) is 0 Å². The number of imidazole rings is 1. The predicted molar refractivity (Wildman–Crippen MR) is 81.3 cm³/mol. The molecule has 0 atom stereocenters. The fourth-order valence-corrected chi connectivity index (χ4v) is 3.35. The van der Waals surface area contributed by atoms with E-state index in [2.05, 4.69) is 9.88 Å². The van der Waals surface area contributed by atoms with E-state index in [1.165, 1.54) is 0 Å². The van der Waals surface area contributed by atoms with E-state index in [0.29, 0.717) is 24.4 Å². The van der Waals surface area contributed by atoms with E-state index in [-0.39, 0.29) is 5.92 Å². The molecule has 0 aromatic carbocycles. The number of nitrogens with two attached hydrogens (primary N) is 1. The topological polar surface area (TPSA) is 64.2 Å². The highest BCUT2D eigenvalue weighted by molar-refractivity contribution is 5.79. The Kier molecular flexibility index (Phi) is 4.29. The average Bonchev–Trinajstić information content (AvgIpc) is 3.28. The second kappa shape index (κ2) is 6.18.